The molecule has 21 nitrogen and oxygen atoms in total. The van der Waals surface area contributed by atoms with Crippen molar-refractivity contribution >= 4 is 196 Å². The smallest absolute Gasteiger partial charge is 0.178 e. The molecular weight excluding hydrogens is 1650 g/mol. The lowest BCUT2D eigenvalue weighted by molar-refractivity contribution is 0.598. The molecule has 133 heavy (non-hydrogen) atoms. The van der Waals surface area contributed by atoms with Crippen molar-refractivity contribution in [3.05, 3.63) is 296 Å². The summed E-state index contributed by atoms with van der Waals surface area (Å²) in [5.41, 5.74) is 21.9. The van der Waals surface area contributed by atoms with E-state index in [2.05, 4.69) is 180 Å². The van der Waals surface area contributed by atoms with Gasteiger partial charge in [0.25, 0.3) is 0 Å². The minimum absolute atomic E-state index is 0.0603. The van der Waals surface area contributed by atoms with Gasteiger partial charge in [-0.15, -0.1) is 12.3 Å². The third-order valence-corrected chi connectivity index (χ3v) is 25.9. The Kier molecular flexibility index (Phi) is 19.2. The summed E-state index contributed by atoms with van der Waals surface area (Å²) < 4.78 is 114. The van der Waals surface area contributed by atoms with Gasteiger partial charge >= 0.3 is 0 Å². The number of anilines is 15. The predicted molar refractivity (Wildman–Crippen MR) is 549 cm³/mol. The van der Waals surface area contributed by atoms with Crippen molar-refractivity contribution in [2.75, 3.05) is 69.4 Å². The monoisotopic (exact) mass is 1770 g/mol. The van der Waals surface area contributed by atoms with Crippen LogP contribution >= 0.6 is 0 Å². The lowest BCUT2D eigenvalue weighted by Crippen LogP contribution is -2.42. The first-order valence-corrected chi connectivity index (χ1v) is 44.8. The van der Waals surface area contributed by atoms with E-state index in [1.807, 2.05) is 224 Å². The topological polar surface area (TPSA) is 175 Å². The van der Waals surface area contributed by atoms with Crippen molar-refractivity contribution in [2.24, 2.45) is 0 Å². The van der Waals surface area contributed by atoms with E-state index in [1.54, 1.807) is 49.7 Å². The normalized spacial score (nSPS) is 18.0. The number of para-hydroxylation sites is 5. The number of pyridine rings is 4. The van der Waals surface area contributed by atoms with E-state index in [0.29, 0.717) is 17.5 Å². The van der Waals surface area contributed by atoms with Gasteiger partial charge in [0.1, 0.15) is 58.7 Å². The minimum Gasteiger partial charge on any atom is -0.454 e. The fraction of sp³-hybridized carbons (Fsp3) is 0.232. The number of fused-ring (bicyclic) bond motifs is 20. The third kappa shape index (κ3) is 14.1. The van der Waals surface area contributed by atoms with E-state index >= 15 is 0 Å². The predicted octanol–water partition coefficient (Wildman–Crippen LogP) is 28.1. The Balaban J connectivity index is 0.000000108. The second-order valence-corrected chi connectivity index (χ2v) is 34.4. The average Bonchev–Trinajstić information content (AvgIpc) is 1.59. The second-order valence-electron chi connectivity index (χ2n) is 34.4. The van der Waals surface area contributed by atoms with Gasteiger partial charge in [0.05, 0.1) is 53.9 Å². The number of benzene rings is 10. The van der Waals surface area contributed by atoms with Crippen molar-refractivity contribution < 1.29 is 35.8 Å². The van der Waals surface area contributed by atoms with Crippen LogP contribution in [0.5, 0.6) is 0 Å². The van der Waals surface area contributed by atoms with E-state index in [0.717, 1.165) is 206 Å². The number of hydrogen-bond acceptors (Lipinski definition) is 21. The van der Waals surface area contributed by atoms with Crippen molar-refractivity contribution in [1.29, 1.82) is 0 Å². The molecule has 0 spiro atoms. The Morgan fingerprint density at radius 1 is 0.316 bits per heavy atom. The number of rotatable bonds is 8. The summed E-state index contributed by atoms with van der Waals surface area (Å²) >= 11 is 0. The number of furan rings is 5. The molecule has 21 heteroatoms. The molecule has 15 heterocycles. The molecule has 5 aliphatic heterocycles. The van der Waals surface area contributed by atoms with Crippen molar-refractivity contribution in [2.45, 2.75) is 154 Å². The number of nitrogens with zero attached hydrogens (tertiary/aromatic N) is 16. The molecule has 0 amide bonds. The molecule has 25 rings (SSSR count). The molecule has 20 aromatic rings. The van der Waals surface area contributed by atoms with Crippen LogP contribution in [0.15, 0.2) is 290 Å². The van der Waals surface area contributed by atoms with Gasteiger partial charge in [0.2, 0.25) is 0 Å². The second kappa shape index (κ2) is 34.4. The quantitative estimate of drug-likeness (QED) is 0.131. The summed E-state index contributed by atoms with van der Waals surface area (Å²) in [6.45, 7) is 24.9. The lowest BCUT2D eigenvalue weighted by Gasteiger charge is -2.33. The van der Waals surface area contributed by atoms with Crippen LogP contribution in [0.1, 0.15) is 118 Å². The summed E-state index contributed by atoms with van der Waals surface area (Å²) in [5.74, 6) is 5.99. The highest BCUT2D eigenvalue weighted by Gasteiger charge is 2.43. The Morgan fingerprint density at radius 3 is 0.910 bits per heavy atom. The SMILES string of the molecule is C#CC.[2H]C(C)(C)N1c2ncccc2N(c2c(C)ccc3c2oc2ccccc23)C1C.[2H]C(C)(C)N1c2ncccc2N(c2c(C)ccc3c2oc2ccccc23)C1C.[2H]C([2H])(C)N1c2cccnc2N(c2c(C)ccc3c2oc2ccccc23)C1C.[2H]C([2H])([2H])N1c2ncccc2N(c2c(C)ccc3c2oc2ccccc23)C1C.[2H]C([2H])([2H])N1c2nccnc2N(c2c(C)ccc3c2oc2ccccc23)C1C. The lowest BCUT2D eigenvalue weighted by atomic mass is 10.1. The van der Waals surface area contributed by atoms with E-state index < -0.39 is 44.8 Å². The van der Waals surface area contributed by atoms with Crippen LogP contribution in [0.4, 0.5) is 86.1 Å². The summed E-state index contributed by atoms with van der Waals surface area (Å²) in [6, 6.07) is 75.1. The summed E-state index contributed by atoms with van der Waals surface area (Å²) in [7, 11) is 0. The minimum atomic E-state index is -2.34. The molecule has 0 aliphatic carbocycles. The van der Waals surface area contributed by atoms with E-state index in [4.69, 9.17) is 35.8 Å². The third-order valence-electron chi connectivity index (χ3n) is 25.9. The zero-order valence-electron chi connectivity index (χ0n) is 87.1. The Bertz CT molecular complexity index is 7290. The summed E-state index contributed by atoms with van der Waals surface area (Å²) in [5, 5.41) is 10.7. The van der Waals surface area contributed by atoms with Crippen LogP contribution < -0.4 is 49.0 Å². The Hall–Kier alpha value is -15.6. The zero-order valence-corrected chi connectivity index (χ0v) is 77.1. The Labute approximate surface area is 788 Å². The van der Waals surface area contributed by atoms with Crippen molar-refractivity contribution in [3.63, 3.8) is 0 Å². The van der Waals surface area contributed by atoms with Crippen LogP contribution in [-0.4, -0.2) is 93.2 Å². The number of hydrogen-bond donors (Lipinski definition) is 0. The molecule has 0 saturated carbocycles. The number of aromatic nitrogens is 6. The molecule has 0 fully saturated rings. The van der Waals surface area contributed by atoms with Crippen LogP contribution in [0.3, 0.4) is 0 Å². The average molecular weight is 1770 g/mol. The van der Waals surface area contributed by atoms with Crippen LogP contribution in [0.25, 0.3) is 110 Å². The van der Waals surface area contributed by atoms with Gasteiger partial charge in [0, 0.05) is 134 Å². The van der Waals surface area contributed by atoms with E-state index in [1.165, 1.54) is 16.0 Å². The van der Waals surface area contributed by atoms with Gasteiger partial charge < -0.3 is 66.2 Å². The molecule has 5 unspecified atom stereocenters. The molecule has 10 aromatic heterocycles. The van der Waals surface area contributed by atoms with E-state index in [9.17, 15) is 0 Å². The highest BCUT2D eigenvalue weighted by molar-refractivity contribution is 6.16. The molecule has 666 valence electrons. The maximum atomic E-state index is 8.68. The molecule has 0 radical (unpaired) electrons. The van der Waals surface area contributed by atoms with Crippen LogP contribution in [0.2, 0.25) is 0 Å². The molecule has 5 atom stereocenters. The molecule has 0 bridgehead atoms. The molecule has 10 aromatic carbocycles. The van der Waals surface area contributed by atoms with Crippen LogP contribution in [-0.2, 0) is 0 Å². The standard InChI is InChI=1S/2C23H23N3O.C22H21N3O.C21H19N3O.C20H18N4O.C3H4/c2*1-14(2)25-16(4)26(19-9-7-13-24-23(19)25)21-15(3)11-12-18-17-8-5-6-10-20(17)27-22(18)21;1-4-24-15(3)25(22-18(24)9-7-13-23-22)20-14(2)11-12-17-16-8-5-6-10-19(16)26-21(17)20;1-13-10-11-16-15-7-4-5-9-18(15)25-20(16)19(13)24-14(2)23(3)21-17(24)8-6-12-22-21;1-12-8-9-15-14-6-4-5-7-16(14)25-18(15)17(12)24-13(2)23(3)19-20(24)22-11-10-21-19;1-3-2/h2*5-14,16H,1-4H3;5-13,15H,4H2,1-3H3;4-12,14H,1-3H3;4-11,13H,1-3H3;1H,2H3/i2*14D;4D2;2*3D3;. The van der Waals surface area contributed by atoms with Gasteiger partial charge in [-0.05, 0) is 217 Å². The van der Waals surface area contributed by atoms with Gasteiger partial charge in [-0.1, -0.05) is 152 Å². The fourth-order valence-electron chi connectivity index (χ4n) is 20.0. The highest BCUT2D eigenvalue weighted by Crippen LogP contribution is 2.55. The van der Waals surface area contributed by atoms with Gasteiger partial charge in [0.15, 0.2) is 62.8 Å². The summed E-state index contributed by atoms with van der Waals surface area (Å²) in [4.78, 5) is 46.2. The molecule has 5 aliphatic rings. The first-order chi connectivity index (χ1) is 68.3. The van der Waals surface area contributed by atoms with Gasteiger partial charge in [-0.25, -0.2) is 29.9 Å². The summed E-state index contributed by atoms with van der Waals surface area (Å²) in [6.07, 6.45) is 13.4. The number of aryl methyl sites for hydroxylation is 5. The molecule has 0 saturated heterocycles. The largest absolute Gasteiger partial charge is 0.454 e. The van der Waals surface area contributed by atoms with Gasteiger partial charge in [-0.3, -0.25) is 4.90 Å². The van der Waals surface area contributed by atoms with Gasteiger partial charge in [-0.2, -0.15) is 0 Å². The van der Waals surface area contributed by atoms with Crippen molar-refractivity contribution in [3.8, 4) is 12.3 Å². The maximum absolute atomic E-state index is 8.68. The molecular formula is C112H108N16O5. The van der Waals surface area contributed by atoms with E-state index in [-0.39, 0.29) is 18.5 Å². The van der Waals surface area contributed by atoms with Crippen molar-refractivity contribution in [1.82, 2.24) is 29.9 Å². The first-order valence-electron chi connectivity index (χ1n) is 49.8. The molecule has 0 N–H and O–H groups in total. The first kappa shape index (κ1) is 74.3. The Morgan fingerprint density at radius 2 is 0.579 bits per heavy atom. The fourth-order valence-corrected chi connectivity index (χ4v) is 20.0. The maximum Gasteiger partial charge on any atom is 0.178 e. The zero-order chi connectivity index (χ0) is 101. The number of terminal acetylenes is 1. The van der Waals surface area contributed by atoms with Crippen LogP contribution in [0, 0.1) is 47.0 Å². The highest BCUT2D eigenvalue weighted by atomic mass is 16.3.